The third-order valence-electron chi connectivity index (χ3n) is 11.4. The van der Waals surface area contributed by atoms with E-state index in [1.54, 1.807) is 11.3 Å². The molecule has 9 aromatic carbocycles. The van der Waals surface area contributed by atoms with Crippen LogP contribution in [0.1, 0.15) is 0 Å². The van der Waals surface area contributed by atoms with Gasteiger partial charge in [-0.15, -0.1) is 11.3 Å². The molecule has 12 aromatic rings. The zero-order valence-corrected chi connectivity index (χ0v) is 32.0. The maximum atomic E-state index is 5.28. The number of rotatable bonds is 5. The molecule has 12 rings (SSSR count). The first-order valence-electron chi connectivity index (χ1n) is 19.5. The molecule has 0 spiro atoms. The van der Waals surface area contributed by atoms with Gasteiger partial charge in [-0.1, -0.05) is 152 Å². The molecular weight excluding hydrogens is 725 g/mol. The van der Waals surface area contributed by atoms with Crippen molar-refractivity contribution in [1.82, 2.24) is 19.5 Å². The van der Waals surface area contributed by atoms with Crippen LogP contribution in [0, 0.1) is 0 Å². The Balaban J connectivity index is 1.07. The summed E-state index contributed by atoms with van der Waals surface area (Å²) in [5, 5.41) is 9.65. The van der Waals surface area contributed by atoms with Crippen molar-refractivity contribution in [2.45, 2.75) is 0 Å². The van der Waals surface area contributed by atoms with Gasteiger partial charge in [-0.25, -0.2) is 15.0 Å². The van der Waals surface area contributed by atoms with Gasteiger partial charge in [0.15, 0.2) is 17.5 Å². The van der Waals surface area contributed by atoms with Crippen molar-refractivity contribution in [3.63, 3.8) is 0 Å². The fraction of sp³-hybridized carbons (Fsp3) is 0. The van der Waals surface area contributed by atoms with Crippen molar-refractivity contribution < 1.29 is 0 Å². The predicted octanol–water partition coefficient (Wildman–Crippen LogP) is 14.3. The van der Waals surface area contributed by atoms with E-state index in [0.717, 1.165) is 38.7 Å². The van der Waals surface area contributed by atoms with Crippen molar-refractivity contribution >= 4 is 74.9 Å². The van der Waals surface area contributed by atoms with Gasteiger partial charge in [0.05, 0.1) is 16.7 Å². The van der Waals surface area contributed by atoms with Gasteiger partial charge in [-0.3, -0.25) is 0 Å². The topological polar surface area (TPSA) is 43.6 Å². The summed E-state index contributed by atoms with van der Waals surface area (Å²) in [5.74, 6) is 1.92. The van der Waals surface area contributed by atoms with Crippen molar-refractivity contribution in [3.05, 3.63) is 194 Å². The Hall–Kier alpha value is -7.47. The van der Waals surface area contributed by atoms with Crippen LogP contribution in [0.15, 0.2) is 194 Å². The number of nitrogens with zero attached hydrogens (tertiary/aromatic N) is 4. The number of thiophene rings is 1. The maximum Gasteiger partial charge on any atom is 0.164 e. The molecule has 5 heteroatoms. The predicted molar refractivity (Wildman–Crippen MR) is 244 cm³/mol. The average molecular weight is 757 g/mol. The number of hydrogen-bond donors (Lipinski definition) is 0. The minimum Gasteiger partial charge on any atom is -0.309 e. The van der Waals surface area contributed by atoms with Gasteiger partial charge in [-0.05, 0) is 69.8 Å². The first-order chi connectivity index (χ1) is 28.7. The molecule has 0 atom stereocenters. The molecule has 0 fully saturated rings. The van der Waals surface area contributed by atoms with E-state index >= 15 is 0 Å². The van der Waals surface area contributed by atoms with Gasteiger partial charge in [0, 0.05) is 53.0 Å². The molecular formula is C53H32N4S. The monoisotopic (exact) mass is 756 g/mol. The number of fused-ring (bicyclic) bond motifs is 8. The molecule has 0 aliphatic rings. The van der Waals surface area contributed by atoms with E-state index in [-0.39, 0.29) is 0 Å². The molecule has 4 nitrogen and oxygen atoms in total. The highest BCUT2D eigenvalue weighted by molar-refractivity contribution is 7.25. The second kappa shape index (κ2) is 13.1. The lowest BCUT2D eigenvalue weighted by Gasteiger charge is -2.15. The fourth-order valence-corrected chi connectivity index (χ4v) is 9.80. The number of aromatic nitrogens is 4. The summed E-state index contributed by atoms with van der Waals surface area (Å²) < 4.78 is 4.90. The Morgan fingerprint density at radius 2 is 0.914 bits per heavy atom. The molecule has 0 bridgehead atoms. The Morgan fingerprint density at radius 3 is 1.74 bits per heavy atom. The van der Waals surface area contributed by atoms with Gasteiger partial charge >= 0.3 is 0 Å². The molecule has 3 aromatic heterocycles. The first-order valence-corrected chi connectivity index (χ1v) is 20.3. The average Bonchev–Trinajstić information content (AvgIpc) is 3.83. The summed E-state index contributed by atoms with van der Waals surface area (Å²) in [5.41, 5.74) is 8.64. The third-order valence-corrected chi connectivity index (χ3v) is 12.6. The van der Waals surface area contributed by atoms with Crippen molar-refractivity contribution in [1.29, 1.82) is 0 Å². The molecule has 58 heavy (non-hydrogen) atoms. The van der Waals surface area contributed by atoms with E-state index < -0.39 is 0 Å². The van der Waals surface area contributed by atoms with Crippen LogP contribution in [0.2, 0.25) is 0 Å². The lowest BCUT2D eigenvalue weighted by atomic mass is 10.0. The largest absolute Gasteiger partial charge is 0.309 e. The van der Waals surface area contributed by atoms with Gasteiger partial charge in [0.2, 0.25) is 0 Å². The molecule has 0 N–H and O–H groups in total. The first kappa shape index (κ1) is 32.7. The second-order valence-corrected chi connectivity index (χ2v) is 15.9. The summed E-state index contributed by atoms with van der Waals surface area (Å²) in [6.07, 6.45) is 0. The van der Waals surface area contributed by atoms with Crippen LogP contribution >= 0.6 is 11.3 Å². The zero-order chi connectivity index (χ0) is 38.2. The lowest BCUT2D eigenvalue weighted by Crippen LogP contribution is -2.02. The van der Waals surface area contributed by atoms with E-state index in [1.165, 1.54) is 58.3 Å². The molecule has 0 saturated carbocycles. The van der Waals surface area contributed by atoms with Gasteiger partial charge in [0.25, 0.3) is 0 Å². The quantitative estimate of drug-likeness (QED) is 0.176. The zero-order valence-electron chi connectivity index (χ0n) is 31.2. The Morgan fingerprint density at radius 1 is 0.328 bits per heavy atom. The highest BCUT2D eigenvalue weighted by atomic mass is 32.1. The van der Waals surface area contributed by atoms with E-state index in [1.807, 2.05) is 6.07 Å². The van der Waals surface area contributed by atoms with Crippen LogP contribution in [-0.4, -0.2) is 19.5 Å². The van der Waals surface area contributed by atoms with Crippen LogP contribution in [0.25, 0.3) is 115 Å². The van der Waals surface area contributed by atoms with Crippen LogP contribution in [0.5, 0.6) is 0 Å². The van der Waals surface area contributed by atoms with E-state index in [9.17, 15) is 0 Å². The molecule has 0 radical (unpaired) electrons. The van der Waals surface area contributed by atoms with Gasteiger partial charge in [0.1, 0.15) is 0 Å². The van der Waals surface area contributed by atoms with E-state index in [4.69, 9.17) is 15.0 Å². The molecule has 0 aliphatic carbocycles. The Bertz CT molecular complexity index is 3560. The summed E-state index contributed by atoms with van der Waals surface area (Å²) in [4.78, 5) is 15.7. The van der Waals surface area contributed by atoms with Crippen molar-refractivity contribution in [2.24, 2.45) is 0 Å². The molecule has 0 aliphatic heterocycles. The molecule has 0 saturated heterocycles. The summed E-state index contributed by atoms with van der Waals surface area (Å²) in [7, 11) is 0. The number of hydrogen-bond acceptors (Lipinski definition) is 4. The molecule has 0 unspecified atom stereocenters. The minimum atomic E-state index is 0.637. The van der Waals surface area contributed by atoms with Crippen LogP contribution in [-0.2, 0) is 0 Å². The molecule has 0 amide bonds. The van der Waals surface area contributed by atoms with E-state index in [0.29, 0.717) is 17.5 Å². The number of para-hydroxylation sites is 1. The van der Waals surface area contributed by atoms with Crippen LogP contribution < -0.4 is 0 Å². The summed E-state index contributed by atoms with van der Waals surface area (Å²) >= 11 is 1.80. The van der Waals surface area contributed by atoms with Crippen LogP contribution in [0.4, 0.5) is 0 Å². The molecule has 3 heterocycles. The van der Waals surface area contributed by atoms with Gasteiger partial charge < -0.3 is 4.57 Å². The van der Waals surface area contributed by atoms with E-state index in [2.05, 4.69) is 193 Å². The van der Waals surface area contributed by atoms with Gasteiger partial charge in [-0.2, -0.15) is 0 Å². The lowest BCUT2D eigenvalue weighted by molar-refractivity contribution is 1.08. The Labute approximate surface area is 338 Å². The van der Waals surface area contributed by atoms with Crippen molar-refractivity contribution in [3.8, 4) is 51.0 Å². The minimum absolute atomic E-state index is 0.637. The summed E-state index contributed by atoms with van der Waals surface area (Å²) in [6.45, 7) is 0. The highest BCUT2D eigenvalue weighted by Gasteiger charge is 2.20. The standard InChI is InChI=1S/C53H32N4S/c1-2-12-33(13-3-1)34-22-24-35(25-23-34)51-54-52(38-26-27-43-42-19-9-11-21-49(42)58-50(43)32-38)56-53(55-51)44-28-29-47(40-17-7-6-16-39(40)44)57-46-20-10-8-18-41(46)45-30-36-14-4-5-15-37(36)31-48(45)57/h1-32H. The second-order valence-electron chi connectivity index (χ2n) is 14.8. The highest BCUT2D eigenvalue weighted by Crippen LogP contribution is 2.40. The Kier molecular flexibility index (Phi) is 7.37. The van der Waals surface area contributed by atoms with Crippen molar-refractivity contribution in [2.75, 3.05) is 0 Å². The van der Waals surface area contributed by atoms with Crippen LogP contribution in [0.3, 0.4) is 0 Å². The maximum absolute atomic E-state index is 5.28. The SMILES string of the molecule is c1ccc(-c2ccc(-c3nc(-c4ccc5c(c4)sc4ccccc45)nc(-c4ccc(-n5c6ccccc6c6cc7ccccc7cc65)c5ccccc45)n3)cc2)cc1. The normalized spacial score (nSPS) is 11.8. The number of benzene rings is 9. The summed E-state index contributed by atoms with van der Waals surface area (Å²) in [6, 6.07) is 69.2. The molecule has 270 valence electrons. The smallest absolute Gasteiger partial charge is 0.164 e. The third kappa shape index (κ3) is 5.25. The fourth-order valence-electron chi connectivity index (χ4n) is 8.65.